The van der Waals surface area contributed by atoms with E-state index in [1.807, 2.05) is 20.2 Å². The van der Waals surface area contributed by atoms with Gasteiger partial charge in [0.15, 0.2) is 0 Å². The van der Waals surface area contributed by atoms with Crippen molar-refractivity contribution in [1.82, 2.24) is 4.90 Å². The Hall–Kier alpha value is -1.27. The molecular weight excluding hydrogens is 381 g/mol. The van der Waals surface area contributed by atoms with E-state index < -0.39 is 5.97 Å². The number of carbonyl (C=O) groups is 1. The van der Waals surface area contributed by atoms with Crippen LogP contribution in [0.1, 0.15) is 23.2 Å². The van der Waals surface area contributed by atoms with E-state index >= 15 is 0 Å². The van der Waals surface area contributed by atoms with Crippen LogP contribution in [0.2, 0.25) is 8.67 Å². The zero-order valence-corrected chi connectivity index (χ0v) is 16.8. The highest BCUT2D eigenvalue weighted by atomic mass is 35.5. The van der Waals surface area contributed by atoms with E-state index in [0.717, 1.165) is 30.5 Å². The van der Waals surface area contributed by atoms with Crippen LogP contribution in [-0.4, -0.2) is 45.2 Å². The van der Waals surface area contributed by atoms with Crippen molar-refractivity contribution in [3.63, 3.8) is 0 Å². The maximum absolute atomic E-state index is 12.0. The van der Waals surface area contributed by atoms with Gasteiger partial charge in [-0.2, -0.15) is 0 Å². The molecule has 1 aromatic heterocycles. The number of halogens is 2. The van der Waals surface area contributed by atoms with Crippen LogP contribution in [0.5, 0.6) is 5.75 Å². The molecule has 0 fully saturated rings. The van der Waals surface area contributed by atoms with Crippen molar-refractivity contribution in [3.05, 3.63) is 38.5 Å². The summed E-state index contributed by atoms with van der Waals surface area (Å²) in [7, 11) is 5.44. The maximum atomic E-state index is 12.0. The summed E-state index contributed by atoms with van der Waals surface area (Å²) < 4.78 is 11.8. The average molecular weight is 402 g/mol. The fraction of sp³-hybridized carbons (Fsp3) is 0.389. The Labute approximate surface area is 162 Å². The number of hydrogen-bond acceptors (Lipinski definition) is 5. The molecule has 0 radical (unpaired) electrons. The van der Waals surface area contributed by atoms with Crippen LogP contribution in [0.4, 0.5) is 0 Å². The fourth-order valence-electron chi connectivity index (χ4n) is 2.33. The van der Waals surface area contributed by atoms with Crippen molar-refractivity contribution in [2.75, 3.05) is 34.4 Å². The van der Waals surface area contributed by atoms with Crippen molar-refractivity contribution in [2.24, 2.45) is 0 Å². The van der Waals surface area contributed by atoms with Crippen molar-refractivity contribution in [2.45, 2.75) is 12.8 Å². The predicted octanol–water partition coefficient (Wildman–Crippen LogP) is 5.23. The number of unbranched alkanes of at least 4 members (excludes halogenated alkanes) is 1. The van der Waals surface area contributed by atoms with Crippen molar-refractivity contribution in [1.29, 1.82) is 0 Å². The molecular formula is C18H21Cl2NO3S. The number of nitrogens with zero attached hydrogens (tertiary/aromatic N) is 1. The molecule has 0 aliphatic rings. The lowest BCUT2D eigenvalue weighted by Gasteiger charge is -2.12. The van der Waals surface area contributed by atoms with Crippen molar-refractivity contribution < 1.29 is 14.3 Å². The van der Waals surface area contributed by atoms with E-state index in [4.69, 9.17) is 32.7 Å². The van der Waals surface area contributed by atoms with Gasteiger partial charge in [0, 0.05) is 5.56 Å². The lowest BCUT2D eigenvalue weighted by molar-refractivity contribution is 0.0600. The fourth-order valence-corrected chi connectivity index (χ4v) is 3.84. The summed E-state index contributed by atoms with van der Waals surface area (Å²) in [4.78, 5) is 14.1. The number of esters is 1. The predicted molar refractivity (Wildman–Crippen MR) is 104 cm³/mol. The van der Waals surface area contributed by atoms with Gasteiger partial charge in [-0.05, 0) is 63.3 Å². The van der Waals surface area contributed by atoms with Crippen LogP contribution < -0.4 is 4.74 Å². The lowest BCUT2D eigenvalue weighted by atomic mass is 10.1. The third-order valence-electron chi connectivity index (χ3n) is 3.56. The number of methoxy groups -OCH3 is 1. The molecule has 1 heterocycles. The van der Waals surface area contributed by atoms with Gasteiger partial charge in [-0.25, -0.2) is 4.79 Å². The van der Waals surface area contributed by atoms with E-state index in [-0.39, 0.29) is 0 Å². The SMILES string of the molecule is COC(=O)c1cc(OCCCCN(C)C)cc(-c2cc(Cl)sc2Cl)c1. The quantitative estimate of drug-likeness (QED) is 0.448. The molecule has 1 aromatic carbocycles. The molecule has 2 rings (SSSR count). The number of carbonyl (C=O) groups excluding carboxylic acids is 1. The molecule has 0 bridgehead atoms. The number of hydrogen-bond donors (Lipinski definition) is 0. The largest absolute Gasteiger partial charge is 0.494 e. The molecule has 25 heavy (non-hydrogen) atoms. The second-order valence-corrected chi connectivity index (χ2v) is 8.12. The van der Waals surface area contributed by atoms with Crippen LogP contribution in [0.3, 0.4) is 0 Å². The molecule has 4 nitrogen and oxygen atoms in total. The van der Waals surface area contributed by atoms with Crippen molar-refractivity contribution in [3.8, 4) is 16.9 Å². The second-order valence-electron chi connectivity index (χ2n) is 5.83. The van der Waals surface area contributed by atoms with Gasteiger partial charge in [-0.3, -0.25) is 0 Å². The first-order valence-corrected chi connectivity index (χ1v) is 9.44. The zero-order valence-electron chi connectivity index (χ0n) is 14.5. The van der Waals surface area contributed by atoms with E-state index in [1.165, 1.54) is 18.4 Å². The standard InChI is InChI=1S/C18H21Cl2NO3S/c1-21(2)6-4-5-7-24-14-9-12(8-13(10-14)18(22)23-3)15-11-16(19)25-17(15)20/h8-11H,4-7H2,1-3H3. The summed E-state index contributed by atoms with van der Waals surface area (Å²) >= 11 is 13.6. The smallest absolute Gasteiger partial charge is 0.338 e. The summed E-state index contributed by atoms with van der Waals surface area (Å²) in [5.41, 5.74) is 1.97. The topological polar surface area (TPSA) is 38.8 Å². The Morgan fingerprint density at radius 3 is 2.52 bits per heavy atom. The summed E-state index contributed by atoms with van der Waals surface area (Å²) in [5.74, 6) is 0.192. The Kier molecular flexibility index (Phi) is 7.56. The first-order valence-electron chi connectivity index (χ1n) is 7.87. The lowest BCUT2D eigenvalue weighted by Crippen LogP contribution is -2.13. The summed E-state index contributed by atoms with van der Waals surface area (Å²) in [6.07, 6.45) is 1.98. The minimum Gasteiger partial charge on any atom is -0.494 e. The molecule has 136 valence electrons. The number of rotatable bonds is 8. The summed E-state index contributed by atoms with van der Waals surface area (Å²) in [6.45, 7) is 1.59. The third-order valence-corrected chi connectivity index (χ3v) is 5.05. The number of benzene rings is 1. The van der Waals surface area contributed by atoms with Crippen LogP contribution in [-0.2, 0) is 4.74 Å². The normalized spacial score (nSPS) is 11.0. The van der Waals surface area contributed by atoms with Crippen LogP contribution in [0, 0.1) is 0 Å². The highest BCUT2D eigenvalue weighted by Crippen LogP contribution is 2.39. The zero-order chi connectivity index (χ0) is 18.4. The third kappa shape index (κ3) is 5.89. The van der Waals surface area contributed by atoms with Crippen molar-refractivity contribution >= 4 is 40.5 Å². The van der Waals surface area contributed by atoms with E-state index in [0.29, 0.717) is 26.6 Å². The average Bonchev–Trinajstić information content (AvgIpc) is 2.91. The molecule has 0 amide bonds. The van der Waals surface area contributed by atoms with Crippen LogP contribution in [0.15, 0.2) is 24.3 Å². The van der Waals surface area contributed by atoms with Gasteiger partial charge in [0.1, 0.15) is 10.1 Å². The van der Waals surface area contributed by atoms with Gasteiger partial charge in [0.25, 0.3) is 0 Å². The van der Waals surface area contributed by atoms with E-state index in [1.54, 1.807) is 18.2 Å². The van der Waals surface area contributed by atoms with Gasteiger partial charge in [0.2, 0.25) is 0 Å². The molecule has 0 saturated carbocycles. The van der Waals surface area contributed by atoms with E-state index in [2.05, 4.69) is 4.90 Å². The minimum atomic E-state index is -0.420. The minimum absolute atomic E-state index is 0.418. The van der Waals surface area contributed by atoms with Crippen LogP contribution in [0.25, 0.3) is 11.1 Å². The van der Waals surface area contributed by atoms with Gasteiger partial charge >= 0.3 is 5.97 Å². The first kappa shape index (κ1) is 20.0. The highest BCUT2D eigenvalue weighted by molar-refractivity contribution is 7.20. The van der Waals surface area contributed by atoms with Crippen LogP contribution >= 0.6 is 34.5 Å². The molecule has 0 aliphatic carbocycles. The number of ether oxygens (including phenoxy) is 2. The summed E-state index contributed by atoms with van der Waals surface area (Å²) in [6, 6.07) is 7.06. The Morgan fingerprint density at radius 2 is 1.92 bits per heavy atom. The van der Waals surface area contributed by atoms with Gasteiger partial charge in [0.05, 0.1) is 23.6 Å². The van der Waals surface area contributed by atoms with E-state index in [9.17, 15) is 4.79 Å². The molecule has 0 aliphatic heterocycles. The monoisotopic (exact) mass is 401 g/mol. The molecule has 7 heteroatoms. The number of thiophene rings is 1. The molecule has 0 saturated heterocycles. The van der Waals surface area contributed by atoms with Gasteiger partial charge in [-0.1, -0.05) is 23.2 Å². The molecule has 2 aromatic rings. The maximum Gasteiger partial charge on any atom is 0.338 e. The van der Waals surface area contributed by atoms with Gasteiger partial charge in [-0.15, -0.1) is 11.3 Å². The molecule has 0 unspecified atom stereocenters. The molecule has 0 N–H and O–H groups in total. The first-order chi connectivity index (χ1) is 11.9. The molecule has 0 atom stereocenters. The Bertz CT molecular complexity index is 731. The summed E-state index contributed by atoms with van der Waals surface area (Å²) in [5, 5.41) is 0. The van der Waals surface area contributed by atoms with Gasteiger partial charge < -0.3 is 14.4 Å². The Balaban J connectivity index is 2.19. The Morgan fingerprint density at radius 1 is 1.16 bits per heavy atom. The highest BCUT2D eigenvalue weighted by Gasteiger charge is 2.14. The molecule has 0 spiro atoms. The second kappa shape index (κ2) is 9.43.